The van der Waals surface area contributed by atoms with E-state index < -0.39 is 17.8 Å². The van der Waals surface area contributed by atoms with Crippen LogP contribution in [0.1, 0.15) is 0 Å². The Morgan fingerprint density at radius 3 is 2.44 bits per heavy atom. The van der Waals surface area contributed by atoms with Crippen molar-refractivity contribution >= 4 is 11.5 Å². The highest BCUT2D eigenvalue weighted by molar-refractivity contribution is 5.94. The van der Waals surface area contributed by atoms with Gasteiger partial charge in [0.1, 0.15) is 5.82 Å². The molecule has 0 aliphatic carbocycles. The van der Waals surface area contributed by atoms with Gasteiger partial charge in [-0.3, -0.25) is 4.79 Å². The summed E-state index contributed by atoms with van der Waals surface area (Å²) in [7, 11) is 0. The standard InChI is InChI=1S/C10H7F4NO/c11-7-3-1-2-4-8(7)15-6-5-9(16)10(12,13)14/h1-6,15H. The summed E-state index contributed by atoms with van der Waals surface area (Å²) in [5.74, 6) is -2.62. The van der Waals surface area contributed by atoms with E-state index in [4.69, 9.17) is 0 Å². The molecule has 0 saturated heterocycles. The summed E-state index contributed by atoms with van der Waals surface area (Å²) in [6.45, 7) is 0. The Morgan fingerprint density at radius 2 is 1.88 bits per heavy atom. The van der Waals surface area contributed by atoms with Crippen LogP contribution in [0.3, 0.4) is 0 Å². The molecule has 0 amide bonds. The van der Waals surface area contributed by atoms with Gasteiger partial charge in [-0.05, 0) is 12.1 Å². The van der Waals surface area contributed by atoms with E-state index in [0.29, 0.717) is 6.08 Å². The van der Waals surface area contributed by atoms with Gasteiger partial charge in [-0.25, -0.2) is 4.39 Å². The van der Waals surface area contributed by atoms with Crippen LogP contribution >= 0.6 is 0 Å². The van der Waals surface area contributed by atoms with Crippen molar-refractivity contribution < 1.29 is 22.4 Å². The molecule has 0 spiro atoms. The van der Waals surface area contributed by atoms with Gasteiger partial charge in [0.2, 0.25) is 0 Å². The van der Waals surface area contributed by atoms with E-state index in [1.54, 1.807) is 0 Å². The molecule has 86 valence electrons. The van der Waals surface area contributed by atoms with Crippen molar-refractivity contribution in [2.75, 3.05) is 5.32 Å². The Labute approximate surface area is 88.6 Å². The Bertz CT molecular complexity index is 412. The summed E-state index contributed by atoms with van der Waals surface area (Å²) in [5, 5.41) is 2.24. The van der Waals surface area contributed by atoms with E-state index in [9.17, 15) is 22.4 Å². The topological polar surface area (TPSA) is 29.1 Å². The van der Waals surface area contributed by atoms with Crippen molar-refractivity contribution in [2.24, 2.45) is 0 Å². The van der Waals surface area contributed by atoms with Crippen LogP contribution in [0.15, 0.2) is 36.5 Å². The van der Waals surface area contributed by atoms with Crippen molar-refractivity contribution in [3.05, 3.63) is 42.4 Å². The minimum absolute atomic E-state index is 0.00581. The maximum atomic E-state index is 12.9. The number of carbonyl (C=O) groups excluding carboxylic acids is 1. The summed E-state index contributed by atoms with van der Waals surface area (Å²) >= 11 is 0. The fourth-order valence-electron chi connectivity index (χ4n) is 0.880. The lowest BCUT2D eigenvalue weighted by Gasteiger charge is -2.02. The lowest BCUT2D eigenvalue weighted by atomic mass is 10.3. The monoisotopic (exact) mass is 233 g/mol. The number of hydrogen-bond acceptors (Lipinski definition) is 2. The zero-order valence-corrected chi connectivity index (χ0v) is 7.88. The van der Waals surface area contributed by atoms with Crippen LogP contribution in [0.5, 0.6) is 0 Å². The second-order valence-electron chi connectivity index (χ2n) is 2.82. The number of allylic oxidation sites excluding steroid dienone is 1. The van der Waals surface area contributed by atoms with Gasteiger partial charge in [0, 0.05) is 12.3 Å². The highest BCUT2D eigenvalue weighted by Crippen LogP contribution is 2.17. The number of alkyl halides is 3. The lowest BCUT2D eigenvalue weighted by Crippen LogP contribution is -2.20. The van der Waals surface area contributed by atoms with Gasteiger partial charge >= 0.3 is 6.18 Å². The van der Waals surface area contributed by atoms with Crippen LogP contribution in [0.25, 0.3) is 0 Å². The van der Waals surface area contributed by atoms with Gasteiger partial charge in [0.05, 0.1) is 5.69 Å². The molecule has 0 atom stereocenters. The third kappa shape index (κ3) is 3.38. The normalized spacial score (nSPS) is 11.8. The zero-order valence-electron chi connectivity index (χ0n) is 7.88. The average molecular weight is 233 g/mol. The van der Waals surface area contributed by atoms with Crippen LogP contribution < -0.4 is 5.32 Å². The minimum atomic E-state index is -4.91. The summed E-state index contributed by atoms with van der Waals surface area (Å²) in [5.41, 5.74) is -0.00581. The fourth-order valence-corrected chi connectivity index (χ4v) is 0.880. The predicted molar refractivity (Wildman–Crippen MR) is 50.2 cm³/mol. The third-order valence-electron chi connectivity index (χ3n) is 1.63. The van der Waals surface area contributed by atoms with Gasteiger partial charge < -0.3 is 5.32 Å². The van der Waals surface area contributed by atoms with E-state index in [2.05, 4.69) is 5.32 Å². The van der Waals surface area contributed by atoms with E-state index in [0.717, 1.165) is 12.3 Å². The first-order chi connectivity index (χ1) is 7.41. The Morgan fingerprint density at radius 1 is 1.25 bits per heavy atom. The van der Waals surface area contributed by atoms with Gasteiger partial charge in [0.15, 0.2) is 0 Å². The van der Waals surface area contributed by atoms with Crippen molar-refractivity contribution in [1.29, 1.82) is 0 Å². The first kappa shape index (κ1) is 12.2. The molecular formula is C10H7F4NO. The first-order valence-corrected chi connectivity index (χ1v) is 4.20. The van der Waals surface area contributed by atoms with Crippen LogP contribution in [0.2, 0.25) is 0 Å². The second kappa shape index (κ2) is 4.78. The molecule has 1 aromatic rings. The number of nitrogens with one attached hydrogen (secondary N) is 1. The fraction of sp³-hybridized carbons (Fsp3) is 0.100. The van der Waals surface area contributed by atoms with Gasteiger partial charge in [0.25, 0.3) is 5.78 Å². The Balaban J connectivity index is 2.62. The third-order valence-corrected chi connectivity index (χ3v) is 1.63. The van der Waals surface area contributed by atoms with E-state index in [-0.39, 0.29) is 5.69 Å². The molecule has 0 fully saturated rings. The van der Waals surface area contributed by atoms with Gasteiger partial charge in [-0.15, -0.1) is 0 Å². The molecule has 0 heterocycles. The molecule has 2 nitrogen and oxygen atoms in total. The lowest BCUT2D eigenvalue weighted by molar-refractivity contribution is -0.165. The molecule has 0 aliphatic heterocycles. The first-order valence-electron chi connectivity index (χ1n) is 4.20. The summed E-state index contributed by atoms with van der Waals surface area (Å²) in [4.78, 5) is 10.4. The number of para-hydroxylation sites is 1. The molecule has 0 aliphatic rings. The van der Waals surface area contributed by atoms with Crippen molar-refractivity contribution in [3.63, 3.8) is 0 Å². The zero-order chi connectivity index (χ0) is 12.2. The Kier molecular flexibility index (Phi) is 3.65. The Hall–Kier alpha value is -1.85. The highest BCUT2D eigenvalue weighted by atomic mass is 19.4. The molecule has 0 bridgehead atoms. The summed E-state index contributed by atoms with van der Waals surface area (Å²) < 4.78 is 48.2. The average Bonchev–Trinajstić information content (AvgIpc) is 2.19. The molecule has 1 rings (SSSR count). The number of rotatable bonds is 3. The number of halogens is 4. The van der Waals surface area contributed by atoms with E-state index in [1.165, 1.54) is 18.2 Å². The van der Waals surface area contributed by atoms with Crippen LogP contribution in [0.4, 0.5) is 23.2 Å². The summed E-state index contributed by atoms with van der Waals surface area (Å²) in [6.07, 6.45) is -3.87. The van der Waals surface area contributed by atoms with Crippen molar-refractivity contribution in [2.45, 2.75) is 6.18 Å². The molecule has 0 radical (unpaired) electrons. The number of ketones is 1. The molecule has 0 saturated carbocycles. The number of carbonyl (C=O) groups is 1. The minimum Gasteiger partial charge on any atom is -0.359 e. The SMILES string of the molecule is O=C(C=CNc1ccccc1F)C(F)(F)F. The van der Waals surface area contributed by atoms with E-state index >= 15 is 0 Å². The van der Waals surface area contributed by atoms with Crippen molar-refractivity contribution in [3.8, 4) is 0 Å². The molecule has 0 aromatic heterocycles. The molecule has 16 heavy (non-hydrogen) atoms. The molecule has 6 heteroatoms. The maximum absolute atomic E-state index is 12.9. The van der Waals surface area contributed by atoms with Crippen molar-refractivity contribution in [1.82, 2.24) is 0 Å². The van der Waals surface area contributed by atoms with Gasteiger partial charge in [-0.1, -0.05) is 12.1 Å². The molecule has 1 aromatic carbocycles. The molecular weight excluding hydrogens is 226 g/mol. The highest BCUT2D eigenvalue weighted by Gasteiger charge is 2.35. The molecule has 0 unspecified atom stereocenters. The predicted octanol–water partition coefficient (Wildman–Crippen LogP) is 2.88. The van der Waals surface area contributed by atoms with Crippen LogP contribution in [0, 0.1) is 5.82 Å². The number of benzene rings is 1. The molecule has 1 N–H and O–H groups in total. The summed E-state index contributed by atoms with van der Waals surface area (Å²) in [6, 6.07) is 5.41. The van der Waals surface area contributed by atoms with Crippen LogP contribution in [-0.2, 0) is 4.79 Å². The number of hydrogen-bond donors (Lipinski definition) is 1. The van der Waals surface area contributed by atoms with Crippen LogP contribution in [-0.4, -0.2) is 12.0 Å². The quantitative estimate of drug-likeness (QED) is 0.642. The van der Waals surface area contributed by atoms with E-state index in [1.807, 2.05) is 0 Å². The van der Waals surface area contributed by atoms with Gasteiger partial charge in [-0.2, -0.15) is 13.2 Å². The number of anilines is 1. The largest absolute Gasteiger partial charge is 0.454 e. The maximum Gasteiger partial charge on any atom is 0.454 e. The smallest absolute Gasteiger partial charge is 0.359 e. The second-order valence-corrected chi connectivity index (χ2v) is 2.82.